The number of aryl methyl sites for hydroxylation is 1. The van der Waals surface area contributed by atoms with Gasteiger partial charge in [-0.2, -0.15) is 5.10 Å². The Labute approximate surface area is 184 Å². The van der Waals surface area contributed by atoms with Crippen LogP contribution in [0.5, 0.6) is 0 Å². The van der Waals surface area contributed by atoms with E-state index in [2.05, 4.69) is 82.3 Å². The maximum atomic E-state index is 4.67. The largest absolute Gasteiger partial charge is 0.353 e. The van der Waals surface area contributed by atoms with Crippen molar-refractivity contribution in [2.24, 2.45) is 0 Å². The van der Waals surface area contributed by atoms with Gasteiger partial charge in [0, 0.05) is 33.7 Å². The number of nitrogens with zero attached hydrogens (tertiary/aromatic N) is 2. The van der Waals surface area contributed by atoms with Gasteiger partial charge in [0.15, 0.2) is 0 Å². The van der Waals surface area contributed by atoms with Crippen LogP contribution < -0.4 is 15.9 Å². The molecule has 5 rings (SSSR count). The van der Waals surface area contributed by atoms with Crippen molar-refractivity contribution >= 4 is 34.9 Å². The number of hydrogen-bond donors (Lipinski definition) is 3. The number of thiophene rings is 1. The van der Waals surface area contributed by atoms with E-state index in [1.807, 2.05) is 12.3 Å². The van der Waals surface area contributed by atoms with Crippen LogP contribution in [0.15, 0.2) is 53.8 Å². The van der Waals surface area contributed by atoms with E-state index in [1.165, 1.54) is 20.9 Å². The number of pyridine rings is 1. The molecule has 5 heterocycles. The normalized spacial score (nSPS) is 15.6. The number of H-pyrrole nitrogens is 2. The number of fused-ring (bicyclic) bond motifs is 1. The van der Waals surface area contributed by atoms with Crippen LogP contribution in [0.2, 0.25) is 0 Å². The Morgan fingerprint density at radius 2 is 2.13 bits per heavy atom. The van der Waals surface area contributed by atoms with Crippen LogP contribution in [0, 0.1) is 6.92 Å². The Kier molecular flexibility index (Phi) is 5.18. The molecule has 4 aromatic heterocycles. The number of aromatic nitrogens is 4. The third-order valence-corrected chi connectivity index (χ3v) is 6.71. The molecule has 0 fully saturated rings. The Balaban J connectivity index is 1.64. The van der Waals surface area contributed by atoms with Crippen LogP contribution in [-0.4, -0.2) is 33.3 Å². The summed E-state index contributed by atoms with van der Waals surface area (Å²) in [4.78, 5) is 10.7. The monoisotopic (exact) mass is 427 g/mol. The van der Waals surface area contributed by atoms with Gasteiger partial charge in [-0.3, -0.25) is 10.1 Å². The fourth-order valence-corrected chi connectivity index (χ4v) is 4.97. The minimum Gasteiger partial charge on any atom is -0.353 e. The first-order valence-electron chi connectivity index (χ1n) is 10.5. The molecule has 0 atom stereocenters. The summed E-state index contributed by atoms with van der Waals surface area (Å²) in [5.74, 6) is 0. The van der Waals surface area contributed by atoms with Gasteiger partial charge in [-0.15, -0.1) is 11.3 Å². The highest BCUT2D eigenvalue weighted by atomic mass is 32.1. The average Bonchev–Trinajstić information content (AvgIpc) is 3.50. The molecule has 0 saturated heterocycles. The lowest BCUT2D eigenvalue weighted by Crippen LogP contribution is -2.24. The summed E-state index contributed by atoms with van der Waals surface area (Å²) < 4.78 is 0. The van der Waals surface area contributed by atoms with Gasteiger partial charge in [0.05, 0.1) is 21.6 Å². The highest BCUT2D eigenvalue weighted by molar-refractivity contribution is 7.15. The molecule has 4 aromatic rings. The molecule has 5 nitrogen and oxygen atoms in total. The van der Waals surface area contributed by atoms with Gasteiger partial charge < -0.3 is 10.3 Å². The minimum atomic E-state index is 0.815. The number of allylic oxidation sites excluding steroid dienone is 2. The van der Waals surface area contributed by atoms with Crippen molar-refractivity contribution < 1.29 is 0 Å². The zero-order valence-corrected chi connectivity index (χ0v) is 18.6. The van der Waals surface area contributed by atoms with E-state index < -0.39 is 0 Å². The topological polar surface area (TPSA) is 69.4 Å². The molecule has 1 aliphatic rings. The van der Waals surface area contributed by atoms with Crippen molar-refractivity contribution in [2.75, 3.05) is 13.1 Å². The fraction of sp³-hybridized carbons (Fsp3) is 0.200. The van der Waals surface area contributed by atoms with Crippen molar-refractivity contribution in [3.63, 3.8) is 0 Å². The molecule has 0 bridgehead atoms. The van der Waals surface area contributed by atoms with Gasteiger partial charge in [-0.05, 0) is 68.3 Å². The molecule has 0 aromatic carbocycles. The van der Waals surface area contributed by atoms with Crippen LogP contribution in [0.4, 0.5) is 0 Å². The number of hydrogen-bond acceptors (Lipinski definition) is 4. The first kappa shape index (κ1) is 19.7. The van der Waals surface area contributed by atoms with Gasteiger partial charge >= 0.3 is 0 Å². The van der Waals surface area contributed by atoms with Gasteiger partial charge in [-0.1, -0.05) is 18.7 Å². The van der Waals surface area contributed by atoms with Crippen LogP contribution in [0.1, 0.15) is 18.2 Å². The predicted molar refractivity (Wildman–Crippen MR) is 130 cm³/mol. The Bertz CT molecular complexity index is 1430. The molecule has 156 valence electrons. The molecule has 0 saturated carbocycles. The van der Waals surface area contributed by atoms with Crippen LogP contribution in [-0.2, 0) is 0 Å². The van der Waals surface area contributed by atoms with E-state index in [9.17, 15) is 0 Å². The third-order valence-electron chi connectivity index (χ3n) is 5.71. The summed E-state index contributed by atoms with van der Waals surface area (Å²) in [5, 5.41) is 14.0. The standard InChI is InChI=1S/C25H25N5S/c1-4-17(18-7-10-26-11-8-18)13-19-16(3)29-30-24(19)22-14-20-21(28-22)9-12-27-25(20)23-6-5-15(2)31-23/h4-7,9,12-14,26,28-29H,3,8,10-11H2,1-2H3/b17-4+,19-13+. The first-order chi connectivity index (χ1) is 15.1. The van der Waals surface area contributed by atoms with Crippen molar-refractivity contribution in [1.29, 1.82) is 0 Å². The zero-order valence-electron chi connectivity index (χ0n) is 17.7. The lowest BCUT2D eigenvalue weighted by atomic mass is 9.98. The SMILES string of the molecule is C=c1[nH]nc(-c2cc3c(-c4ccc(C)s4)nccc3[nH]2)/c1=C/C(=C\C)C1=CCNCC1. The van der Waals surface area contributed by atoms with E-state index in [4.69, 9.17) is 0 Å². The number of aromatic amines is 2. The molecule has 3 N–H and O–H groups in total. The molecule has 0 spiro atoms. The average molecular weight is 428 g/mol. The second kappa shape index (κ2) is 8.13. The summed E-state index contributed by atoms with van der Waals surface area (Å²) in [6, 6.07) is 8.44. The summed E-state index contributed by atoms with van der Waals surface area (Å²) in [6.07, 6.45) is 9.52. The van der Waals surface area contributed by atoms with Crippen molar-refractivity contribution in [3.05, 3.63) is 69.2 Å². The summed E-state index contributed by atoms with van der Waals surface area (Å²) >= 11 is 1.76. The zero-order chi connectivity index (χ0) is 21.4. The minimum absolute atomic E-state index is 0.815. The second-order valence-corrected chi connectivity index (χ2v) is 9.04. The Morgan fingerprint density at radius 1 is 1.23 bits per heavy atom. The number of rotatable bonds is 4. The lowest BCUT2D eigenvalue weighted by Gasteiger charge is -2.14. The van der Waals surface area contributed by atoms with E-state index in [0.717, 1.165) is 58.1 Å². The molecule has 31 heavy (non-hydrogen) atoms. The summed E-state index contributed by atoms with van der Waals surface area (Å²) in [7, 11) is 0. The van der Waals surface area contributed by atoms with E-state index in [-0.39, 0.29) is 0 Å². The molecule has 0 unspecified atom stereocenters. The molecule has 6 heteroatoms. The quantitative estimate of drug-likeness (QED) is 0.460. The van der Waals surface area contributed by atoms with E-state index >= 15 is 0 Å². The van der Waals surface area contributed by atoms with Gasteiger partial charge in [0.2, 0.25) is 0 Å². The Morgan fingerprint density at radius 3 is 2.87 bits per heavy atom. The maximum Gasteiger partial charge on any atom is 0.116 e. The summed E-state index contributed by atoms with van der Waals surface area (Å²) in [6.45, 7) is 10.3. The van der Waals surface area contributed by atoms with Crippen molar-refractivity contribution in [2.45, 2.75) is 20.3 Å². The molecule has 0 radical (unpaired) electrons. The molecule has 1 aliphatic heterocycles. The molecular weight excluding hydrogens is 402 g/mol. The van der Waals surface area contributed by atoms with Gasteiger partial charge in [0.1, 0.15) is 5.69 Å². The van der Waals surface area contributed by atoms with Crippen molar-refractivity contribution in [3.8, 4) is 22.0 Å². The summed E-state index contributed by atoms with van der Waals surface area (Å²) in [5.41, 5.74) is 6.49. The van der Waals surface area contributed by atoms with Gasteiger partial charge in [-0.25, -0.2) is 0 Å². The lowest BCUT2D eigenvalue weighted by molar-refractivity contribution is 0.710. The molecule has 0 amide bonds. The van der Waals surface area contributed by atoms with Crippen LogP contribution in [0.3, 0.4) is 0 Å². The highest BCUT2D eigenvalue weighted by Crippen LogP contribution is 2.33. The van der Waals surface area contributed by atoms with Crippen LogP contribution >= 0.6 is 11.3 Å². The fourth-order valence-electron chi connectivity index (χ4n) is 4.09. The third kappa shape index (κ3) is 3.69. The smallest absolute Gasteiger partial charge is 0.116 e. The Hall–Kier alpha value is -3.22. The highest BCUT2D eigenvalue weighted by Gasteiger charge is 2.14. The predicted octanol–water partition coefficient (Wildman–Crippen LogP) is 4.05. The van der Waals surface area contributed by atoms with Crippen molar-refractivity contribution in [1.82, 2.24) is 25.5 Å². The first-order valence-corrected chi connectivity index (χ1v) is 11.3. The number of nitrogens with one attached hydrogen (secondary N) is 3. The molecular formula is C25H25N5S. The van der Waals surface area contributed by atoms with Gasteiger partial charge in [0.25, 0.3) is 0 Å². The maximum absolute atomic E-state index is 4.67. The van der Waals surface area contributed by atoms with Crippen LogP contribution in [0.25, 0.3) is 45.5 Å². The van der Waals surface area contributed by atoms with E-state index in [1.54, 1.807) is 11.3 Å². The molecule has 0 aliphatic carbocycles. The second-order valence-electron chi connectivity index (χ2n) is 7.75. The van der Waals surface area contributed by atoms with E-state index in [0.29, 0.717) is 0 Å².